The van der Waals surface area contributed by atoms with E-state index in [9.17, 15) is 24.3 Å². The Labute approximate surface area is 320 Å². The molecule has 15 heteroatoms. The van der Waals surface area contributed by atoms with Crippen LogP contribution in [0.1, 0.15) is 47.3 Å². The number of carbonyl (C=O) groups excluding carboxylic acids is 3. The zero-order valence-corrected chi connectivity index (χ0v) is 31.6. The molecule has 0 aliphatic carbocycles. The van der Waals surface area contributed by atoms with E-state index in [1.165, 1.54) is 31.9 Å². The third-order valence-electron chi connectivity index (χ3n) is 12.0. The minimum atomic E-state index is -1.16. The highest BCUT2D eigenvalue weighted by Crippen LogP contribution is 2.42. The average Bonchev–Trinajstić information content (AvgIpc) is 3.68. The first kappa shape index (κ1) is 38.0. The number of carbonyl (C=O) groups is 4. The van der Waals surface area contributed by atoms with Crippen LogP contribution in [0.5, 0.6) is 17.2 Å². The number of amides is 4. The van der Waals surface area contributed by atoms with Crippen LogP contribution < -0.4 is 19.5 Å². The van der Waals surface area contributed by atoms with Crippen LogP contribution in [0.25, 0.3) is 0 Å². The fourth-order valence-electron chi connectivity index (χ4n) is 8.84. The van der Waals surface area contributed by atoms with E-state index in [1.807, 2.05) is 35.2 Å². The second-order valence-electron chi connectivity index (χ2n) is 14.7. The third kappa shape index (κ3) is 7.19. The molecule has 292 valence electrons. The molecular formula is C40H49N7O8. The predicted octanol–water partition coefficient (Wildman–Crippen LogP) is 2.81. The van der Waals surface area contributed by atoms with Crippen LogP contribution >= 0.6 is 0 Å². The minimum Gasteiger partial charge on any atom is -0.493 e. The largest absolute Gasteiger partial charge is 0.493 e. The molecule has 3 aromatic rings. The number of hydrogen-bond donors (Lipinski definition) is 2. The zero-order valence-electron chi connectivity index (χ0n) is 31.6. The number of imide groups is 1. The Balaban J connectivity index is 1.06. The summed E-state index contributed by atoms with van der Waals surface area (Å²) in [6.45, 7) is 5.10. The number of carboxylic acids is 1. The van der Waals surface area contributed by atoms with E-state index in [4.69, 9.17) is 14.2 Å². The van der Waals surface area contributed by atoms with Crippen molar-refractivity contribution in [3.63, 3.8) is 0 Å². The summed E-state index contributed by atoms with van der Waals surface area (Å²) in [7, 11) is 4.59. The maximum atomic E-state index is 14.2. The van der Waals surface area contributed by atoms with E-state index >= 15 is 0 Å². The number of fused-ring (bicyclic) bond motifs is 3. The van der Waals surface area contributed by atoms with Gasteiger partial charge in [-0.25, -0.2) is 19.6 Å². The van der Waals surface area contributed by atoms with Gasteiger partial charge in [0.25, 0.3) is 5.91 Å². The van der Waals surface area contributed by atoms with Crippen molar-refractivity contribution in [1.82, 2.24) is 35.0 Å². The molecule has 2 aromatic carbocycles. The highest BCUT2D eigenvalue weighted by Gasteiger charge is 2.50. The van der Waals surface area contributed by atoms with Crippen LogP contribution in [0, 0.1) is 0 Å². The number of aromatic nitrogens is 1. The summed E-state index contributed by atoms with van der Waals surface area (Å²) in [5, 5.41) is 15.4. The first-order valence-corrected chi connectivity index (χ1v) is 18.8. The number of benzene rings is 2. The number of pyridine rings is 1. The lowest BCUT2D eigenvalue weighted by molar-refractivity contribution is -0.190. The number of likely N-dealkylation sites (tertiary alicyclic amines) is 2. The fraction of sp³-hybridized carbons (Fsp3) is 0.475. The molecule has 15 nitrogen and oxygen atoms in total. The van der Waals surface area contributed by atoms with Crippen molar-refractivity contribution in [2.75, 3.05) is 80.2 Å². The molecule has 0 spiro atoms. The molecule has 2 unspecified atom stereocenters. The molecule has 4 amide bonds. The molecule has 0 radical (unpaired) electrons. The summed E-state index contributed by atoms with van der Waals surface area (Å²) in [6.07, 6.45) is 2.90. The van der Waals surface area contributed by atoms with Crippen LogP contribution in [0.4, 0.5) is 4.79 Å². The molecule has 5 saturated heterocycles. The van der Waals surface area contributed by atoms with Crippen LogP contribution in [-0.2, 0) is 20.4 Å². The zero-order chi connectivity index (χ0) is 38.7. The number of nitrogens with zero attached hydrogens (tertiary/aromatic N) is 6. The number of piperazine rings is 1. The number of aliphatic carboxylic acids is 1. The molecule has 8 rings (SSSR count). The van der Waals surface area contributed by atoms with Crippen molar-refractivity contribution >= 4 is 23.8 Å². The number of urea groups is 1. The van der Waals surface area contributed by atoms with Gasteiger partial charge in [0.2, 0.25) is 17.8 Å². The summed E-state index contributed by atoms with van der Waals surface area (Å²) in [5.41, 5.74) is 0.835. The molecule has 5 aliphatic rings. The lowest BCUT2D eigenvalue weighted by Gasteiger charge is -2.52. The summed E-state index contributed by atoms with van der Waals surface area (Å²) >= 11 is 0. The molecule has 55 heavy (non-hydrogen) atoms. The van der Waals surface area contributed by atoms with Crippen molar-refractivity contribution in [3.05, 3.63) is 83.7 Å². The Hall–Kier alpha value is -5.25. The molecule has 5 fully saturated rings. The number of nitrogens with one attached hydrogen (secondary N) is 1. The number of carboxylic acid groups (broad SMARTS) is 1. The van der Waals surface area contributed by atoms with E-state index in [0.29, 0.717) is 93.7 Å². The predicted molar refractivity (Wildman–Crippen MR) is 201 cm³/mol. The van der Waals surface area contributed by atoms with Gasteiger partial charge < -0.3 is 29.1 Å². The van der Waals surface area contributed by atoms with Gasteiger partial charge in [0.1, 0.15) is 0 Å². The van der Waals surface area contributed by atoms with Gasteiger partial charge in [-0.3, -0.25) is 24.8 Å². The first-order chi connectivity index (χ1) is 26.6. The van der Waals surface area contributed by atoms with Gasteiger partial charge in [-0.15, -0.1) is 0 Å². The van der Waals surface area contributed by atoms with Crippen molar-refractivity contribution in [3.8, 4) is 17.2 Å². The molecule has 5 aliphatic heterocycles. The van der Waals surface area contributed by atoms with Gasteiger partial charge in [0.05, 0.1) is 32.4 Å². The van der Waals surface area contributed by atoms with Crippen LogP contribution in [-0.4, -0.2) is 145 Å². The van der Waals surface area contributed by atoms with Gasteiger partial charge in [-0.2, -0.15) is 0 Å². The van der Waals surface area contributed by atoms with Gasteiger partial charge in [-0.1, -0.05) is 36.4 Å². The van der Waals surface area contributed by atoms with Crippen molar-refractivity contribution in [2.24, 2.45) is 0 Å². The maximum Gasteiger partial charge on any atom is 0.343 e. The van der Waals surface area contributed by atoms with Gasteiger partial charge >= 0.3 is 12.0 Å². The number of rotatable bonds is 11. The summed E-state index contributed by atoms with van der Waals surface area (Å²) in [5.74, 6) is -0.461. The number of piperidine rings is 1. The molecule has 2 bridgehead atoms. The molecule has 0 saturated carbocycles. The SMILES string of the molecule is COc1cc(C(=O)N2CCC(CCN3CCC(C(=O)NC(=O)N4C(C(=O)O)N5CCN4CC5)(c4ccccn4)CC3)(c3ccccc3)C2)cc(OC)c1OC. The number of methoxy groups -OCH3 is 3. The van der Waals surface area contributed by atoms with E-state index in [2.05, 4.69) is 27.3 Å². The molecule has 2 atom stereocenters. The number of hydrogen-bond acceptors (Lipinski definition) is 11. The topological polar surface area (TPSA) is 157 Å². The van der Waals surface area contributed by atoms with Crippen LogP contribution in [0.15, 0.2) is 66.9 Å². The second-order valence-corrected chi connectivity index (χ2v) is 14.7. The normalized spacial score (nSPS) is 24.6. The van der Waals surface area contributed by atoms with E-state index < -0.39 is 29.5 Å². The smallest absolute Gasteiger partial charge is 0.343 e. The van der Waals surface area contributed by atoms with Crippen LogP contribution in [0.2, 0.25) is 0 Å². The number of ether oxygens (including phenoxy) is 3. The minimum absolute atomic E-state index is 0.114. The third-order valence-corrected chi connectivity index (χ3v) is 12.0. The monoisotopic (exact) mass is 755 g/mol. The van der Waals surface area contributed by atoms with Crippen molar-refractivity contribution in [1.29, 1.82) is 0 Å². The number of hydrazine groups is 1. The Morgan fingerprint density at radius 2 is 1.51 bits per heavy atom. The Bertz CT molecular complexity index is 1860. The summed E-state index contributed by atoms with van der Waals surface area (Å²) in [6, 6.07) is 18.4. The molecule has 6 heterocycles. The van der Waals surface area contributed by atoms with Crippen molar-refractivity contribution in [2.45, 2.75) is 42.7 Å². The Morgan fingerprint density at radius 1 is 0.836 bits per heavy atom. The van der Waals surface area contributed by atoms with E-state index in [-0.39, 0.29) is 11.3 Å². The standard InChI is InChI=1S/C40H49N7O8/c1-53-30-25-28(26-31(54-2)33(30)55-3)35(48)45-20-13-39(27-45,29-9-5-4-6-10-29)12-17-43-18-14-40(15-19-43,32-11-7-8-16-41-32)37(51)42-38(52)47-34(36(49)50)44-21-23-46(47)24-22-44/h4-11,16,25-26,34H,12-15,17-24,27H2,1-3H3,(H,49,50)(H,42,51,52). The highest BCUT2D eigenvalue weighted by atomic mass is 16.5. The Kier molecular flexibility index (Phi) is 11.0. The Morgan fingerprint density at radius 3 is 2.11 bits per heavy atom. The average molecular weight is 756 g/mol. The lowest BCUT2D eigenvalue weighted by atomic mass is 9.73. The molecule has 2 N–H and O–H groups in total. The highest BCUT2D eigenvalue weighted by molar-refractivity contribution is 6.01. The summed E-state index contributed by atoms with van der Waals surface area (Å²) < 4.78 is 16.5. The van der Waals surface area contributed by atoms with E-state index in [1.54, 1.807) is 34.3 Å². The van der Waals surface area contributed by atoms with E-state index in [0.717, 1.165) is 19.4 Å². The van der Waals surface area contributed by atoms with Gasteiger partial charge in [0, 0.05) is 56.4 Å². The molecular weight excluding hydrogens is 706 g/mol. The van der Waals surface area contributed by atoms with Gasteiger partial charge in [0.15, 0.2) is 11.5 Å². The second kappa shape index (κ2) is 15.8. The molecule has 1 aromatic heterocycles. The fourth-order valence-corrected chi connectivity index (χ4v) is 8.84. The van der Waals surface area contributed by atoms with Gasteiger partial charge in [-0.05, 0) is 75.1 Å². The maximum absolute atomic E-state index is 14.2. The quantitative estimate of drug-likeness (QED) is 0.296. The summed E-state index contributed by atoms with van der Waals surface area (Å²) in [4.78, 5) is 64.7. The van der Waals surface area contributed by atoms with Crippen molar-refractivity contribution < 1.29 is 38.5 Å². The van der Waals surface area contributed by atoms with Crippen LogP contribution in [0.3, 0.4) is 0 Å². The lowest BCUT2D eigenvalue weighted by Crippen LogP contribution is -2.74. The first-order valence-electron chi connectivity index (χ1n) is 18.8.